The average Bonchev–Trinajstić information content (AvgIpc) is 2.74. The molecular formula is C14H21N. The lowest BCUT2D eigenvalue weighted by Crippen LogP contribution is -2.30. The van der Waals surface area contributed by atoms with Gasteiger partial charge in [-0.25, -0.2) is 0 Å². The van der Waals surface area contributed by atoms with Crippen molar-refractivity contribution in [2.24, 2.45) is 11.7 Å². The highest BCUT2D eigenvalue weighted by Gasteiger charge is 2.21. The summed E-state index contributed by atoms with van der Waals surface area (Å²) in [6.45, 7) is 2.13. The first-order chi connectivity index (χ1) is 7.25. The fourth-order valence-electron chi connectivity index (χ4n) is 2.55. The maximum absolute atomic E-state index is 6.25. The van der Waals surface area contributed by atoms with Gasteiger partial charge >= 0.3 is 0 Å². The molecule has 15 heavy (non-hydrogen) atoms. The Morgan fingerprint density at radius 2 is 1.80 bits per heavy atom. The maximum atomic E-state index is 6.25. The minimum atomic E-state index is 0.371. The van der Waals surface area contributed by atoms with Gasteiger partial charge in [0, 0.05) is 6.04 Å². The summed E-state index contributed by atoms with van der Waals surface area (Å²) in [5.74, 6) is 0.770. The molecule has 2 rings (SSSR count). The zero-order valence-corrected chi connectivity index (χ0v) is 9.58. The molecule has 1 aliphatic rings. The molecule has 1 aromatic rings. The molecule has 1 aromatic carbocycles. The Balaban J connectivity index is 1.92. The van der Waals surface area contributed by atoms with Crippen LogP contribution in [-0.4, -0.2) is 6.04 Å². The van der Waals surface area contributed by atoms with E-state index in [0.29, 0.717) is 6.04 Å². The number of hydrogen-bond acceptors (Lipinski definition) is 1. The lowest BCUT2D eigenvalue weighted by Gasteiger charge is -2.18. The van der Waals surface area contributed by atoms with Gasteiger partial charge in [-0.05, 0) is 37.7 Å². The van der Waals surface area contributed by atoms with Gasteiger partial charge in [0.1, 0.15) is 0 Å². The van der Waals surface area contributed by atoms with E-state index in [2.05, 4.69) is 31.2 Å². The Bertz CT molecular complexity index is 296. The summed E-state index contributed by atoms with van der Waals surface area (Å²) >= 11 is 0. The smallest absolute Gasteiger partial charge is 0.0108 e. The van der Waals surface area contributed by atoms with Crippen LogP contribution in [0.15, 0.2) is 24.3 Å². The topological polar surface area (TPSA) is 26.0 Å². The van der Waals surface area contributed by atoms with E-state index in [1.807, 2.05) is 0 Å². The van der Waals surface area contributed by atoms with Crippen LogP contribution in [0, 0.1) is 12.8 Å². The summed E-state index contributed by atoms with van der Waals surface area (Å²) in [6, 6.07) is 9.15. The molecule has 1 saturated carbocycles. The number of benzene rings is 1. The lowest BCUT2D eigenvalue weighted by molar-refractivity contribution is 0.429. The van der Waals surface area contributed by atoms with Crippen molar-refractivity contribution in [1.29, 1.82) is 0 Å². The second-order valence-electron chi connectivity index (χ2n) is 4.90. The maximum Gasteiger partial charge on any atom is 0.0108 e. The molecule has 0 bridgehead atoms. The first kappa shape index (κ1) is 10.7. The standard InChI is InChI=1S/C14H21N/c1-11-6-8-12(9-7-11)10-14(15)13-4-2-3-5-13/h6-9,13-14H,2-5,10,15H2,1H3. The number of rotatable bonds is 3. The largest absolute Gasteiger partial charge is 0.327 e. The highest BCUT2D eigenvalue weighted by molar-refractivity contribution is 5.22. The molecule has 0 aliphatic heterocycles. The summed E-state index contributed by atoms with van der Waals surface area (Å²) in [5, 5.41) is 0. The average molecular weight is 203 g/mol. The molecule has 0 heterocycles. The number of hydrogen-bond donors (Lipinski definition) is 1. The SMILES string of the molecule is Cc1ccc(CC(N)C2CCCC2)cc1. The zero-order valence-electron chi connectivity index (χ0n) is 9.58. The molecule has 82 valence electrons. The van der Waals surface area contributed by atoms with Crippen molar-refractivity contribution in [1.82, 2.24) is 0 Å². The van der Waals surface area contributed by atoms with Crippen molar-refractivity contribution in [3.8, 4) is 0 Å². The molecule has 0 spiro atoms. The minimum Gasteiger partial charge on any atom is -0.327 e. The molecule has 1 fully saturated rings. The fourth-order valence-corrected chi connectivity index (χ4v) is 2.55. The molecule has 1 atom stereocenters. The lowest BCUT2D eigenvalue weighted by atomic mass is 9.93. The first-order valence-electron chi connectivity index (χ1n) is 6.07. The van der Waals surface area contributed by atoms with Crippen LogP contribution in [-0.2, 0) is 6.42 Å². The highest BCUT2D eigenvalue weighted by atomic mass is 14.7. The second-order valence-corrected chi connectivity index (χ2v) is 4.90. The van der Waals surface area contributed by atoms with Crippen molar-refractivity contribution < 1.29 is 0 Å². The Hall–Kier alpha value is -0.820. The third kappa shape index (κ3) is 2.82. The molecule has 1 nitrogen and oxygen atoms in total. The molecule has 0 aromatic heterocycles. The van der Waals surface area contributed by atoms with Gasteiger partial charge in [-0.3, -0.25) is 0 Å². The van der Waals surface area contributed by atoms with E-state index < -0.39 is 0 Å². The van der Waals surface area contributed by atoms with Crippen LogP contribution in [0.1, 0.15) is 36.8 Å². The first-order valence-corrected chi connectivity index (χ1v) is 6.07. The zero-order chi connectivity index (χ0) is 10.7. The van der Waals surface area contributed by atoms with Crippen molar-refractivity contribution in [3.05, 3.63) is 35.4 Å². The van der Waals surface area contributed by atoms with Gasteiger partial charge in [-0.2, -0.15) is 0 Å². The van der Waals surface area contributed by atoms with Crippen LogP contribution in [0.5, 0.6) is 0 Å². The number of nitrogens with two attached hydrogens (primary N) is 1. The molecule has 1 aliphatic carbocycles. The van der Waals surface area contributed by atoms with E-state index in [-0.39, 0.29) is 0 Å². The van der Waals surface area contributed by atoms with E-state index >= 15 is 0 Å². The van der Waals surface area contributed by atoms with Crippen molar-refractivity contribution in [2.75, 3.05) is 0 Å². The Morgan fingerprint density at radius 3 is 2.40 bits per heavy atom. The van der Waals surface area contributed by atoms with Gasteiger partial charge in [0.25, 0.3) is 0 Å². The predicted octanol–water partition coefficient (Wildman–Crippen LogP) is 3.06. The van der Waals surface area contributed by atoms with Crippen LogP contribution in [0.2, 0.25) is 0 Å². The van der Waals surface area contributed by atoms with Gasteiger partial charge in [0.2, 0.25) is 0 Å². The Kier molecular flexibility index (Phi) is 3.42. The molecule has 0 radical (unpaired) electrons. The van der Waals surface area contributed by atoms with E-state index in [0.717, 1.165) is 12.3 Å². The third-order valence-corrected chi connectivity index (χ3v) is 3.60. The van der Waals surface area contributed by atoms with Crippen molar-refractivity contribution in [3.63, 3.8) is 0 Å². The van der Waals surface area contributed by atoms with Crippen molar-refractivity contribution in [2.45, 2.75) is 45.1 Å². The van der Waals surface area contributed by atoms with E-state index in [4.69, 9.17) is 5.73 Å². The minimum absolute atomic E-state index is 0.371. The van der Waals surface area contributed by atoms with Gasteiger partial charge < -0.3 is 5.73 Å². The van der Waals surface area contributed by atoms with Crippen LogP contribution in [0.25, 0.3) is 0 Å². The molecule has 1 heteroatoms. The van der Waals surface area contributed by atoms with Crippen LogP contribution < -0.4 is 5.73 Å². The van der Waals surface area contributed by atoms with Crippen LogP contribution >= 0.6 is 0 Å². The predicted molar refractivity (Wildman–Crippen MR) is 64.8 cm³/mol. The van der Waals surface area contributed by atoms with Gasteiger partial charge in [-0.15, -0.1) is 0 Å². The molecule has 1 unspecified atom stereocenters. The summed E-state index contributed by atoms with van der Waals surface area (Å²) < 4.78 is 0. The van der Waals surface area contributed by atoms with Crippen LogP contribution in [0.3, 0.4) is 0 Å². The monoisotopic (exact) mass is 203 g/mol. The number of aryl methyl sites for hydroxylation is 1. The summed E-state index contributed by atoms with van der Waals surface area (Å²) in [6.07, 6.45) is 6.49. The normalized spacial score (nSPS) is 19.3. The van der Waals surface area contributed by atoms with Crippen LogP contribution in [0.4, 0.5) is 0 Å². The Labute approximate surface area is 92.7 Å². The molecular weight excluding hydrogens is 182 g/mol. The molecule has 0 saturated heterocycles. The Morgan fingerprint density at radius 1 is 1.20 bits per heavy atom. The molecule has 0 amide bonds. The van der Waals surface area contributed by atoms with E-state index in [1.165, 1.54) is 36.8 Å². The van der Waals surface area contributed by atoms with Gasteiger partial charge in [0.05, 0.1) is 0 Å². The molecule has 2 N–H and O–H groups in total. The quantitative estimate of drug-likeness (QED) is 0.802. The summed E-state index contributed by atoms with van der Waals surface area (Å²) in [4.78, 5) is 0. The summed E-state index contributed by atoms with van der Waals surface area (Å²) in [5.41, 5.74) is 8.96. The fraction of sp³-hybridized carbons (Fsp3) is 0.571. The van der Waals surface area contributed by atoms with Gasteiger partial charge in [-0.1, -0.05) is 42.7 Å². The van der Waals surface area contributed by atoms with Crippen molar-refractivity contribution >= 4 is 0 Å². The highest BCUT2D eigenvalue weighted by Crippen LogP contribution is 2.28. The van der Waals surface area contributed by atoms with E-state index in [9.17, 15) is 0 Å². The van der Waals surface area contributed by atoms with Gasteiger partial charge in [0.15, 0.2) is 0 Å². The third-order valence-electron chi connectivity index (χ3n) is 3.60. The van der Waals surface area contributed by atoms with E-state index in [1.54, 1.807) is 0 Å². The summed E-state index contributed by atoms with van der Waals surface area (Å²) in [7, 11) is 0. The second kappa shape index (κ2) is 4.80.